The maximum Gasteiger partial charge on any atom is 0.247 e. The number of tetrazole rings is 1. The van der Waals surface area contributed by atoms with Gasteiger partial charge in [-0.05, 0) is 60.0 Å². The lowest BCUT2D eigenvalue weighted by molar-refractivity contribution is -0.145. The molecule has 208 valence electrons. The summed E-state index contributed by atoms with van der Waals surface area (Å²) in [6.45, 7) is -0.102. The van der Waals surface area contributed by atoms with Crippen molar-refractivity contribution in [3.8, 4) is 22.2 Å². The van der Waals surface area contributed by atoms with Crippen molar-refractivity contribution in [1.29, 1.82) is 0 Å². The quantitative estimate of drug-likeness (QED) is 0.397. The number of amides is 2. The third-order valence-electron chi connectivity index (χ3n) is 7.68. The van der Waals surface area contributed by atoms with Gasteiger partial charge >= 0.3 is 0 Å². The van der Waals surface area contributed by atoms with Crippen molar-refractivity contribution in [1.82, 2.24) is 30.4 Å². The number of nitrogens with zero attached hydrogens (tertiary/aromatic N) is 5. The molecule has 10 nitrogen and oxygen atoms in total. The second-order valence-electron chi connectivity index (χ2n) is 10.2. The molecule has 0 unspecified atom stereocenters. The SMILES string of the molecule is COc1ccc([C@H](C(=O)NC2CCCC2)N(C(=O)Cn2nnc(-c3cccs3)n2)C2CCCCC2)cc1OC. The fourth-order valence-corrected chi connectivity index (χ4v) is 6.39. The van der Waals surface area contributed by atoms with Crippen molar-refractivity contribution >= 4 is 23.2 Å². The summed E-state index contributed by atoms with van der Waals surface area (Å²) >= 11 is 1.52. The fraction of sp³-hybridized carbons (Fsp3) is 0.536. The van der Waals surface area contributed by atoms with Crippen molar-refractivity contribution < 1.29 is 19.1 Å². The molecule has 3 aromatic rings. The smallest absolute Gasteiger partial charge is 0.247 e. The number of carbonyl (C=O) groups excluding carboxylic acids is 2. The van der Waals surface area contributed by atoms with Gasteiger partial charge < -0.3 is 19.7 Å². The second-order valence-corrected chi connectivity index (χ2v) is 11.2. The van der Waals surface area contributed by atoms with Gasteiger partial charge in [0.1, 0.15) is 12.6 Å². The van der Waals surface area contributed by atoms with Gasteiger partial charge in [-0.3, -0.25) is 9.59 Å². The van der Waals surface area contributed by atoms with E-state index < -0.39 is 6.04 Å². The lowest BCUT2D eigenvalue weighted by atomic mass is 9.91. The number of rotatable bonds is 10. The summed E-state index contributed by atoms with van der Waals surface area (Å²) in [5.74, 6) is 1.19. The highest BCUT2D eigenvalue weighted by Gasteiger charge is 2.38. The van der Waals surface area contributed by atoms with Crippen molar-refractivity contribution in [3.05, 3.63) is 41.3 Å². The number of hydrogen-bond acceptors (Lipinski definition) is 8. The van der Waals surface area contributed by atoms with Crippen LogP contribution in [0.25, 0.3) is 10.7 Å². The average Bonchev–Trinajstić information content (AvgIpc) is 3.75. The molecule has 0 bridgehead atoms. The molecule has 39 heavy (non-hydrogen) atoms. The minimum Gasteiger partial charge on any atom is -0.493 e. The van der Waals surface area contributed by atoms with E-state index in [-0.39, 0.29) is 30.4 Å². The molecule has 2 aliphatic rings. The summed E-state index contributed by atoms with van der Waals surface area (Å²) in [5, 5.41) is 17.9. The van der Waals surface area contributed by atoms with Crippen LogP contribution in [-0.4, -0.2) is 63.2 Å². The minimum absolute atomic E-state index is 0.0704. The van der Waals surface area contributed by atoms with Gasteiger partial charge in [-0.15, -0.1) is 21.5 Å². The molecule has 1 atom stereocenters. The average molecular weight is 553 g/mol. The topological polar surface area (TPSA) is 111 Å². The van der Waals surface area contributed by atoms with Crippen LogP contribution in [0.15, 0.2) is 35.7 Å². The van der Waals surface area contributed by atoms with E-state index >= 15 is 0 Å². The molecule has 1 N–H and O–H groups in total. The van der Waals surface area contributed by atoms with Gasteiger partial charge in [0.05, 0.1) is 19.1 Å². The molecule has 2 amide bonds. The number of carbonyl (C=O) groups is 2. The van der Waals surface area contributed by atoms with Crippen LogP contribution in [0, 0.1) is 0 Å². The molecule has 2 fully saturated rings. The third kappa shape index (κ3) is 6.24. The molecule has 0 radical (unpaired) electrons. The Morgan fingerprint density at radius 1 is 1.05 bits per heavy atom. The highest BCUT2D eigenvalue weighted by Crippen LogP contribution is 2.36. The molecule has 0 spiro atoms. The lowest BCUT2D eigenvalue weighted by Crippen LogP contribution is -2.51. The third-order valence-corrected chi connectivity index (χ3v) is 8.54. The van der Waals surface area contributed by atoms with Gasteiger partial charge in [-0.2, -0.15) is 4.80 Å². The molecule has 5 rings (SSSR count). The molecule has 11 heteroatoms. The first kappa shape index (κ1) is 27.1. The van der Waals surface area contributed by atoms with E-state index in [1.54, 1.807) is 25.2 Å². The van der Waals surface area contributed by atoms with Gasteiger partial charge in [0.2, 0.25) is 17.6 Å². The highest BCUT2D eigenvalue weighted by atomic mass is 32.1. The molecular weight excluding hydrogens is 516 g/mol. The lowest BCUT2D eigenvalue weighted by Gasteiger charge is -2.40. The van der Waals surface area contributed by atoms with Crippen molar-refractivity contribution in [2.75, 3.05) is 14.2 Å². The number of aromatic nitrogens is 4. The maximum absolute atomic E-state index is 14.1. The Labute approximate surface area is 232 Å². The Balaban J connectivity index is 1.50. The molecule has 0 saturated heterocycles. The van der Waals surface area contributed by atoms with E-state index in [9.17, 15) is 9.59 Å². The number of benzene rings is 1. The minimum atomic E-state index is -0.818. The summed E-state index contributed by atoms with van der Waals surface area (Å²) in [6.07, 6.45) is 8.95. The van der Waals surface area contributed by atoms with Crippen LogP contribution in [0.5, 0.6) is 11.5 Å². The first-order valence-corrected chi connectivity index (χ1v) is 14.6. The summed E-state index contributed by atoms with van der Waals surface area (Å²) in [7, 11) is 3.15. The fourth-order valence-electron chi connectivity index (χ4n) is 5.75. The standard InChI is InChI=1S/C28H36N6O4S/c1-37-22-15-14-19(17-23(22)38-2)26(28(36)29-20-9-6-7-10-20)34(21-11-4-3-5-12-21)25(35)18-33-31-27(30-32-33)24-13-8-16-39-24/h8,13-17,20-21,26H,3-7,9-12,18H2,1-2H3,(H,29,36)/t26-/m1/s1. The van der Waals surface area contributed by atoms with Crippen molar-refractivity contribution in [2.45, 2.75) is 82.5 Å². The van der Waals surface area contributed by atoms with Crippen molar-refractivity contribution in [2.24, 2.45) is 0 Å². The van der Waals surface area contributed by atoms with Gasteiger partial charge in [-0.1, -0.05) is 44.2 Å². The summed E-state index contributed by atoms with van der Waals surface area (Å²) in [5.41, 5.74) is 0.688. The monoisotopic (exact) mass is 552 g/mol. The van der Waals surface area contributed by atoms with Gasteiger partial charge in [0.25, 0.3) is 0 Å². The molecule has 0 aliphatic heterocycles. The Kier molecular flexibility index (Phi) is 8.75. The van der Waals surface area contributed by atoms with E-state index in [0.29, 0.717) is 22.9 Å². The normalized spacial score (nSPS) is 17.1. The predicted molar refractivity (Wildman–Crippen MR) is 148 cm³/mol. The van der Waals surface area contributed by atoms with Crippen LogP contribution in [0.2, 0.25) is 0 Å². The predicted octanol–water partition coefficient (Wildman–Crippen LogP) is 4.38. The van der Waals surface area contributed by atoms with Crippen molar-refractivity contribution in [3.63, 3.8) is 0 Å². The second kappa shape index (κ2) is 12.6. The highest BCUT2D eigenvalue weighted by molar-refractivity contribution is 7.13. The summed E-state index contributed by atoms with van der Waals surface area (Å²) in [4.78, 5) is 32.1. The Bertz CT molecular complexity index is 1250. The van der Waals surface area contributed by atoms with Crippen LogP contribution in [0.1, 0.15) is 69.4 Å². The number of nitrogens with one attached hydrogen (secondary N) is 1. The van der Waals surface area contributed by atoms with Crippen LogP contribution in [0.4, 0.5) is 0 Å². The maximum atomic E-state index is 14.1. The van der Waals surface area contributed by atoms with Gasteiger partial charge in [-0.25, -0.2) is 0 Å². The number of ether oxygens (including phenoxy) is 2. The van der Waals surface area contributed by atoms with E-state index in [1.807, 2.05) is 29.6 Å². The first-order valence-electron chi connectivity index (χ1n) is 13.7. The largest absolute Gasteiger partial charge is 0.493 e. The molecule has 2 heterocycles. The zero-order chi connectivity index (χ0) is 27.2. The molecule has 2 aromatic heterocycles. The van der Waals surface area contributed by atoms with Gasteiger partial charge in [0.15, 0.2) is 11.5 Å². The first-order chi connectivity index (χ1) is 19.1. The van der Waals surface area contributed by atoms with Crippen LogP contribution < -0.4 is 14.8 Å². The van der Waals surface area contributed by atoms with Gasteiger partial charge in [0, 0.05) is 12.1 Å². The molecule has 2 aliphatic carbocycles. The molecular formula is C28H36N6O4S. The molecule has 1 aromatic carbocycles. The van der Waals surface area contributed by atoms with E-state index in [0.717, 1.165) is 62.7 Å². The Morgan fingerprint density at radius 2 is 1.79 bits per heavy atom. The number of thiophene rings is 1. The van der Waals surface area contributed by atoms with E-state index in [1.165, 1.54) is 16.1 Å². The zero-order valence-corrected chi connectivity index (χ0v) is 23.4. The number of hydrogen-bond donors (Lipinski definition) is 1. The zero-order valence-electron chi connectivity index (χ0n) is 22.5. The van der Waals surface area contributed by atoms with E-state index in [4.69, 9.17) is 9.47 Å². The Hall–Kier alpha value is -3.47. The Morgan fingerprint density at radius 3 is 2.49 bits per heavy atom. The van der Waals surface area contributed by atoms with Crippen LogP contribution in [-0.2, 0) is 16.1 Å². The van der Waals surface area contributed by atoms with E-state index in [2.05, 4.69) is 20.7 Å². The number of methoxy groups -OCH3 is 2. The summed E-state index contributed by atoms with van der Waals surface area (Å²) in [6, 6.07) is 8.53. The molecule has 2 saturated carbocycles. The van der Waals surface area contributed by atoms with Crippen LogP contribution in [0.3, 0.4) is 0 Å². The van der Waals surface area contributed by atoms with Crippen LogP contribution >= 0.6 is 11.3 Å². The summed E-state index contributed by atoms with van der Waals surface area (Å²) < 4.78 is 11.0.